The highest BCUT2D eigenvalue weighted by Gasteiger charge is 2.11. The van der Waals surface area contributed by atoms with Gasteiger partial charge in [-0.25, -0.2) is 4.98 Å². The number of rotatable bonds is 0. The fraction of sp³-hybridized carbons (Fsp3) is 0. The van der Waals surface area contributed by atoms with Gasteiger partial charge in [0.05, 0.1) is 20.3 Å². The van der Waals surface area contributed by atoms with Gasteiger partial charge in [-0.05, 0) is 0 Å². The van der Waals surface area contributed by atoms with Crippen LogP contribution in [0.25, 0.3) is 11.1 Å². The summed E-state index contributed by atoms with van der Waals surface area (Å²) in [5.74, 6) is 0. The Bertz CT molecular complexity index is 482. The zero-order valence-corrected chi connectivity index (χ0v) is 9.06. The molecule has 0 aliphatic carbocycles. The number of oxazole rings is 1. The average Bonchev–Trinajstić information content (AvgIpc) is 2.42. The third-order valence-electron chi connectivity index (χ3n) is 1.50. The number of fused-ring (bicyclic) bond motifs is 1. The second kappa shape index (κ2) is 3.17. The van der Waals surface area contributed by atoms with Gasteiger partial charge < -0.3 is 17.0 Å². The molecule has 2 aromatic rings. The number of halogens is 3. The Morgan fingerprint density at radius 1 is 1.23 bits per heavy atom. The number of nitrogens with zero attached hydrogens (tertiary/aromatic N) is 1. The van der Waals surface area contributed by atoms with Gasteiger partial charge in [0.1, 0.15) is 5.52 Å². The second-order valence-corrected chi connectivity index (χ2v) is 3.83. The quantitative estimate of drug-likeness (QED) is 0.529. The van der Waals surface area contributed by atoms with E-state index in [0.29, 0.717) is 16.1 Å². The lowest BCUT2D eigenvalue weighted by atomic mass is 10.3. The standard InChI is InChI=1S/C7H2Cl3NOS/c8-2-1-3-6(5(10)4(2)9)11-7(13)12-3/h1H,(H,11,13)/p-1. The molecule has 0 aliphatic rings. The van der Waals surface area contributed by atoms with Crippen molar-refractivity contribution in [3.63, 3.8) is 0 Å². The minimum atomic E-state index is 0.121. The average molecular weight is 254 g/mol. The van der Waals surface area contributed by atoms with Crippen molar-refractivity contribution in [2.45, 2.75) is 5.22 Å². The largest absolute Gasteiger partial charge is 0.721 e. The molecule has 2 nitrogen and oxygen atoms in total. The van der Waals surface area contributed by atoms with Crippen LogP contribution in [0.15, 0.2) is 15.7 Å². The van der Waals surface area contributed by atoms with E-state index in [1.807, 2.05) is 0 Å². The van der Waals surface area contributed by atoms with E-state index in [-0.39, 0.29) is 15.3 Å². The fourth-order valence-electron chi connectivity index (χ4n) is 0.954. The van der Waals surface area contributed by atoms with Crippen LogP contribution in [0.3, 0.4) is 0 Å². The Morgan fingerprint density at radius 2 is 1.92 bits per heavy atom. The molecule has 68 valence electrons. The van der Waals surface area contributed by atoms with E-state index in [0.717, 1.165) is 0 Å². The van der Waals surface area contributed by atoms with E-state index >= 15 is 0 Å². The molecular formula is C7HCl3NOS-. The molecule has 0 spiro atoms. The van der Waals surface area contributed by atoms with E-state index in [1.54, 1.807) is 0 Å². The van der Waals surface area contributed by atoms with E-state index in [4.69, 9.17) is 51.8 Å². The van der Waals surface area contributed by atoms with Gasteiger partial charge in [-0.1, -0.05) is 34.8 Å². The Morgan fingerprint density at radius 3 is 2.62 bits per heavy atom. The van der Waals surface area contributed by atoms with Crippen LogP contribution in [0.2, 0.25) is 15.1 Å². The van der Waals surface area contributed by atoms with Crippen molar-refractivity contribution in [1.82, 2.24) is 4.98 Å². The Labute approximate surface area is 94.2 Å². The van der Waals surface area contributed by atoms with Crippen LogP contribution in [-0.4, -0.2) is 4.98 Å². The Kier molecular flexibility index (Phi) is 2.28. The Balaban J connectivity index is 2.92. The maximum atomic E-state index is 5.86. The summed E-state index contributed by atoms with van der Waals surface area (Å²) in [6, 6.07) is 1.54. The lowest BCUT2D eigenvalue weighted by Gasteiger charge is -1.97. The van der Waals surface area contributed by atoms with Gasteiger partial charge in [0.25, 0.3) is 0 Å². The van der Waals surface area contributed by atoms with Crippen LogP contribution in [0.5, 0.6) is 0 Å². The van der Waals surface area contributed by atoms with E-state index < -0.39 is 0 Å². The van der Waals surface area contributed by atoms with Crippen LogP contribution < -0.4 is 0 Å². The van der Waals surface area contributed by atoms with Crippen LogP contribution in [0, 0.1) is 0 Å². The van der Waals surface area contributed by atoms with Gasteiger partial charge in [-0.3, -0.25) is 0 Å². The summed E-state index contributed by atoms with van der Waals surface area (Å²) < 4.78 is 5.06. The van der Waals surface area contributed by atoms with Crippen LogP contribution in [0.4, 0.5) is 0 Å². The van der Waals surface area contributed by atoms with Gasteiger partial charge in [0.2, 0.25) is 0 Å². The topological polar surface area (TPSA) is 26.0 Å². The van der Waals surface area contributed by atoms with Crippen molar-refractivity contribution in [2.75, 3.05) is 0 Å². The van der Waals surface area contributed by atoms with Crippen molar-refractivity contribution in [3.8, 4) is 0 Å². The number of aromatic nitrogens is 1. The van der Waals surface area contributed by atoms with Gasteiger partial charge in [-0.2, -0.15) is 0 Å². The number of benzene rings is 1. The molecule has 1 aromatic heterocycles. The van der Waals surface area contributed by atoms with Gasteiger partial charge >= 0.3 is 0 Å². The summed E-state index contributed by atoms with van der Waals surface area (Å²) in [7, 11) is 0. The molecule has 0 aliphatic heterocycles. The molecule has 0 unspecified atom stereocenters. The maximum Gasteiger partial charge on any atom is 0.155 e. The fourth-order valence-corrected chi connectivity index (χ4v) is 1.76. The SMILES string of the molecule is [S-]c1nc2c(Cl)c(Cl)c(Cl)cc2o1. The van der Waals surface area contributed by atoms with Gasteiger partial charge in [0, 0.05) is 6.07 Å². The first-order valence-corrected chi connectivity index (χ1v) is 4.75. The summed E-state index contributed by atoms with van der Waals surface area (Å²) in [6.45, 7) is 0. The molecule has 0 bridgehead atoms. The first-order chi connectivity index (χ1) is 6.09. The summed E-state index contributed by atoms with van der Waals surface area (Å²) in [4.78, 5) is 3.89. The molecule has 1 heterocycles. The van der Waals surface area contributed by atoms with Crippen molar-refractivity contribution in [2.24, 2.45) is 0 Å². The van der Waals surface area contributed by atoms with Crippen molar-refractivity contribution < 1.29 is 4.42 Å². The van der Waals surface area contributed by atoms with Crippen LogP contribution >= 0.6 is 34.8 Å². The highest BCUT2D eigenvalue weighted by atomic mass is 35.5. The van der Waals surface area contributed by atoms with E-state index in [1.165, 1.54) is 6.07 Å². The highest BCUT2D eigenvalue weighted by Crippen LogP contribution is 2.36. The monoisotopic (exact) mass is 252 g/mol. The predicted molar refractivity (Wildman–Crippen MR) is 54.7 cm³/mol. The smallest absolute Gasteiger partial charge is 0.155 e. The molecule has 6 heteroatoms. The van der Waals surface area contributed by atoms with E-state index in [2.05, 4.69) is 4.98 Å². The minimum absolute atomic E-state index is 0.121. The third-order valence-corrected chi connectivity index (χ3v) is 2.93. The van der Waals surface area contributed by atoms with E-state index in [9.17, 15) is 0 Å². The summed E-state index contributed by atoms with van der Waals surface area (Å²) in [5.41, 5.74) is 0.894. The third kappa shape index (κ3) is 1.46. The molecule has 13 heavy (non-hydrogen) atoms. The predicted octanol–water partition coefficient (Wildman–Crippen LogP) is 3.69. The van der Waals surface area contributed by atoms with Crippen molar-refractivity contribution in [1.29, 1.82) is 0 Å². The summed E-state index contributed by atoms with van der Waals surface area (Å²) in [5, 5.41) is 0.976. The molecular weight excluding hydrogens is 253 g/mol. The second-order valence-electron chi connectivity index (χ2n) is 2.31. The van der Waals surface area contributed by atoms with Crippen molar-refractivity contribution >= 4 is 58.5 Å². The molecule has 0 fully saturated rings. The maximum absolute atomic E-state index is 5.86. The number of hydrogen-bond donors (Lipinski definition) is 0. The zero-order valence-electron chi connectivity index (χ0n) is 5.97. The first kappa shape index (κ1) is 9.34. The summed E-state index contributed by atoms with van der Waals surface area (Å²) >= 11 is 22.1. The van der Waals surface area contributed by atoms with Gasteiger partial charge in [-0.15, -0.1) is 0 Å². The summed E-state index contributed by atoms with van der Waals surface area (Å²) in [6.07, 6.45) is 0. The Hall–Kier alpha value is -0.220. The minimum Gasteiger partial charge on any atom is -0.721 e. The molecule has 0 radical (unpaired) electrons. The normalized spacial score (nSPS) is 11.0. The molecule has 0 atom stereocenters. The highest BCUT2D eigenvalue weighted by molar-refractivity contribution is 7.58. The molecule has 0 amide bonds. The first-order valence-electron chi connectivity index (χ1n) is 3.20. The van der Waals surface area contributed by atoms with Crippen LogP contribution in [-0.2, 0) is 12.6 Å². The van der Waals surface area contributed by atoms with Gasteiger partial charge in [0.15, 0.2) is 5.58 Å². The zero-order chi connectivity index (χ0) is 9.59. The van der Waals surface area contributed by atoms with Crippen molar-refractivity contribution in [3.05, 3.63) is 21.1 Å². The molecule has 2 rings (SSSR count). The molecule has 0 N–H and O–H groups in total. The number of hydrogen-bond acceptors (Lipinski definition) is 3. The lowest BCUT2D eigenvalue weighted by Crippen LogP contribution is -1.75. The molecule has 1 aromatic carbocycles. The van der Waals surface area contributed by atoms with Crippen LogP contribution in [0.1, 0.15) is 0 Å². The molecule has 0 saturated carbocycles. The lowest BCUT2D eigenvalue weighted by molar-refractivity contribution is 0.491. The molecule has 0 saturated heterocycles.